The molecule has 3 saturated carbocycles. The normalized spacial score (nSPS) is 50.1. The van der Waals surface area contributed by atoms with Crippen LogP contribution in [0.5, 0.6) is 0 Å². The van der Waals surface area contributed by atoms with Crippen molar-refractivity contribution in [3.05, 3.63) is 0 Å². The van der Waals surface area contributed by atoms with E-state index >= 15 is 0 Å². The van der Waals surface area contributed by atoms with E-state index in [1.807, 2.05) is 0 Å². The van der Waals surface area contributed by atoms with E-state index < -0.39 is 0 Å². The van der Waals surface area contributed by atoms with E-state index in [0.717, 1.165) is 12.3 Å². The first-order valence-corrected chi connectivity index (χ1v) is 6.90. The van der Waals surface area contributed by atoms with E-state index in [4.69, 9.17) is 2.64 Å². The maximum atomic E-state index is 9.92. The topological polar surface area (TPSA) is 29.5 Å². The predicted octanol–water partition coefficient (Wildman–Crippen LogP) is 1.26. The minimum absolute atomic E-state index is 0.178. The van der Waals surface area contributed by atoms with E-state index in [-0.39, 0.29) is 12.2 Å². The molecule has 3 heteroatoms. The van der Waals surface area contributed by atoms with Gasteiger partial charge in [-0.05, 0) is 0 Å². The van der Waals surface area contributed by atoms with Gasteiger partial charge in [-0.25, -0.2) is 0 Å². The second-order valence-electron chi connectivity index (χ2n) is 4.79. The summed E-state index contributed by atoms with van der Waals surface area (Å²) in [5, 5.41) is 9.92. The van der Waals surface area contributed by atoms with Crippen LogP contribution in [0.15, 0.2) is 0 Å². The summed E-state index contributed by atoms with van der Waals surface area (Å²) in [6.45, 7) is 4.56. The van der Waals surface area contributed by atoms with Crippen molar-refractivity contribution in [2.45, 2.75) is 38.9 Å². The van der Waals surface area contributed by atoms with Gasteiger partial charge in [-0.3, -0.25) is 0 Å². The Labute approximate surface area is 90.3 Å². The van der Waals surface area contributed by atoms with Crippen molar-refractivity contribution in [1.29, 1.82) is 0 Å². The van der Waals surface area contributed by atoms with Crippen molar-refractivity contribution in [3.8, 4) is 0 Å². The summed E-state index contributed by atoms with van der Waals surface area (Å²) in [6, 6.07) is 0. The minimum atomic E-state index is -0.178. The molecule has 3 fully saturated rings. The van der Waals surface area contributed by atoms with Crippen LogP contribution in [0, 0.1) is 17.3 Å². The van der Waals surface area contributed by atoms with E-state index in [2.05, 4.69) is 13.8 Å². The molecule has 0 amide bonds. The van der Waals surface area contributed by atoms with E-state index in [1.54, 1.807) is 0 Å². The Hall–Kier alpha value is 0.855. The molecule has 65 valence electrons. The molecule has 0 saturated heterocycles. The van der Waals surface area contributed by atoms with Crippen LogP contribution in [0.4, 0.5) is 0 Å². The fraction of sp³-hybridized carbons (Fsp3) is 1.00. The first-order chi connectivity index (χ1) is 5.57. The molecule has 12 heavy (non-hydrogen) atoms. The number of fused-ring (bicyclic) bond motifs is 2. The Bertz CT molecular complexity index is 193. The van der Waals surface area contributed by atoms with Crippen LogP contribution in [0.2, 0.25) is 0 Å². The van der Waals surface area contributed by atoms with Crippen LogP contribution in [-0.4, -0.2) is 17.3 Å². The summed E-state index contributed by atoms with van der Waals surface area (Å²) in [5.74, 6) is 1.31. The number of aliphatic hydroxyl groups excluding tert-OH is 1. The molecule has 1 N–H and O–H groups in total. The van der Waals surface area contributed by atoms with Crippen LogP contribution in [0.1, 0.15) is 26.7 Å². The molecule has 3 rings (SSSR count). The van der Waals surface area contributed by atoms with E-state index in [0.29, 0.717) is 37.9 Å². The fourth-order valence-electron chi connectivity index (χ4n) is 2.88. The van der Waals surface area contributed by atoms with Crippen LogP contribution in [0.25, 0.3) is 0 Å². The van der Waals surface area contributed by atoms with Gasteiger partial charge in [0.05, 0.1) is 0 Å². The summed E-state index contributed by atoms with van der Waals surface area (Å²) >= 11 is 0.376. The van der Waals surface area contributed by atoms with Crippen LogP contribution in [-0.2, 0) is 29.2 Å². The molecule has 3 aliphatic carbocycles. The van der Waals surface area contributed by atoms with Crippen LogP contribution in [0.3, 0.4) is 0 Å². The second kappa shape index (κ2) is 2.92. The number of hydrogen-bond donors (Lipinski definition) is 1. The number of aliphatic hydroxyl groups is 1. The summed E-state index contributed by atoms with van der Waals surface area (Å²) in [7, 11) is 0. The van der Waals surface area contributed by atoms with Crippen molar-refractivity contribution in [2.24, 2.45) is 17.3 Å². The Morgan fingerprint density at radius 1 is 1.42 bits per heavy atom. The van der Waals surface area contributed by atoms with Crippen molar-refractivity contribution in [2.75, 3.05) is 0 Å². The molecule has 0 aromatic heterocycles. The molecular weight excluding hydrogens is 341 g/mol. The first-order valence-electron chi connectivity index (χ1n) is 4.66. The van der Waals surface area contributed by atoms with Gasteiger partial charge in [-0.2, -0.15) is 0 Å². The monoisotopic (exact) mass is 357 g/mol. The molecule has 3 aliphatic rings. The third-order valence-electron chi connectivity index (χ3n) is 4.07. The quantitative estimate of drug-likeness (QED) is 0.718. The Morgan fingerprint density at radius 2 is 2.08 bits per heavy atom. The maximum absolute atomic E-state index is 9.92. The fourth-order valence-corrected chi connectivity index (χ4v) is 4.18. The van der Waals surface area contributed by atoms with Gasteiger partial charge in [0, 0.05) is 0 Å². The summed E-state index contributed by atoms with van der Waals surface area (Å²) < 4.78 is 5.44. The Kier molecular flexibility index (Phi) is 2.29. The van der Waals surface area contributed by atoms with Gasteiger partial charge in [0.2, 0.25) is 0 Å². The molecule has 2 nitrogen and oxygen atoms in total. The van der Waals surface area contributed by atoms with Crippen LogP contribution < -0.4 is 0 Å². The van der Waals surface area contributed by atoms with Gasteiger partial charge in [0.25, 0.3) is 0 Å². The SMILES string of the molecule is CC1(C)C2CC([O][Hg])C(O)C1C2. The van der Waals surface area contributed by atoms with Crippen molar-refractivity contribution < 1.29 is 34.3 Å². The van der Waals surface area contributed by atoms with E-state index in [9.17, 15) is 5.11 Å². The van der Waals surface area contributed by atoms with Crippen LogP contribution >= 0.6 is 0 Å². The van der Waals surface area contributed by atoms with Crippen molar-refractivity contribution in [3.63, 3.8) is 0 Å². The average molecular weight is 356 g/mol. The van der Waals surface area contributed by atoms with E-state index in [1.165, 1.54) is 6.42 Å². The molecule has 0 aromatic carbocycles. The summed E-state index contributed by atoms with van der Waals surface area (Å²) in [6.07, 6.45) is 2.32. The molecule has 0 heterocycles. The van der Waals surface area contributed by atoms with Gasteiger partial charge in [0.15, 0.2) is 0 Å². The zero-order valence-electron chi connectivity index (χ0n) is 7.79. The van der Waals surface area contributed by atoms with Gasteiger partial charge in [-0.1, -0.05) is 0 Å². The summed E-state index contributed by atoms with van der Waals surface area (Å²) in [4.78, 5) is 0. The molecule has 0 spiro atoms. The number of hydrogen-bond acceptors (Lipinski definition) is 2. The van der Waals surface area contributed by atoms with Crippen molar-refractivity contribution in [1.82, 2.24) is 0 Å². The Balaban J connectivity index is 2.11. The molecule has 4 atom stereocenters. The molecule has 2 bridgehead atoms. The first kappa shape index (κ1) is 9.41. The second-order valence-corrected chi connectivity index (χ2v) is 6.09. The molecule has 4 unspecified atom stereocenters. The third kappa shape index (κ3) is 1.11. The third-order valence-corrected chi connectivity index (χ3v) is 5.73. The molecule has 0 aromatic rings. The summed E-state index contributed by atoms with van der Waals surface area (Å²) in [5.41, 5.74) is 0.377. The predicted molar refractivity (Wildman–Crippen MR) is 40.9 cm³/mol. The zero-order chi connectivity index (χ0) is 8.93. The molecule has 0 aliphatic heterocycles. The van der Waals surface area contributed by atoms with Gasteiger partial charge < -0.3 is 0 Å². The Morgan fingerprint density at radius 3 is 2.50 bits per heavy atom. The van der Waals surface area contributed by atoms with Gasteiger partial charge >= 0.3 is 90.5 Å². The zero-order valence-corrected chi connectivity index (χ0v) is 13.3. The molecular formula is C9H15HgO2. The van der Waals surface area contributed by atoms with Crippen molar-refractivity contribution >= 4 is 0 Å². The standard InChI is InChI=1S/C9H15O2.Hg/c1-9(2)5-3-6(9)8(11)7(10)4-5;/h5-8,11H,3-4H2,1-2H3;/q-1;+1. The number of rotatable bonds is 1. The molecule has 0 radical (unpaired) electrons. The average Bonchev–Trinajstić information content (AvgIpc) is 2.03. The van der Waals surface area contributed by atoms with Gasteiger partial charge in [0.1, 0.15) is 0 Å². The van der Waals surface area contributed by atoms with Gasteiger partial charge in [-0.15, -0.1) is 0 Å².